The van der Waals surface area contributed by atoms with Crippen molar-refractivity contribution in [1.29, 1.82) is 0 Å². The molecule has 8 heteroatoms. The first-order chi connectivity index (χ1) is 9.40. The molecule has 0 spiro atoms. The van der Waals surface area contributed by atoms with Crippen molar-refractivity contribution < 1.29 is 13.2 Å². The molecule has 6 nitrogen and oxygen atoms in total. The molecule has 0 aliphatic heterocycles. The Morgan fingerprint density at radius 3 is 2.70 bits per heavy atom. The van der Waals surface area contributed by atoms with E-state index in [-0.39, 0.29) is 16.0 Å². The summed E-state index contributed by atoms with van der Waals surface area (Å²) in [6, 6.07) is 1.05. The fraction of sp³-hybridized carbons (Fsp3) is 0.583. The molecule has 0 radical (unpaired) electrons. The van der Waals surface area contributed by atoms with Crippen molar-refractivity contribution in [3.05, 3.63) is 17.3 Å². The van der Waals surface area contributed by atoms with Gasteiger partial charge in [0.25, 0.3) is 0 Å². The third-order valence-corrected chi connectivity index (χ3v) is 4.24. The molecule has 0 bridgehead atoms. The number of sulfonamides is 1. The minimum atomic E-state index is -3.65. The predicted molar refractivity (Wildman–Crippen MR) is 79.7 cm³/mol. The van der Waals surface area contributed by atoms with Crippen LogP contribution in [0.15, 0.2) is 17.2 Å². The molecule has 0 amide bonds. The molecular formula is C12H20ClN3O3S. The van der Waals surface area contributed by atoms with E-state index in [0.717, 1.165) is 0 Å². The van der Waals surface area contributed by atoms with Gasteiger partial charge >= 0.3 is 0 Å². The van der Waals surface area contributed by atoms with Gasteiger partial charge in [-0.3, -0.25) is 0 Å². The molecule has 0 saturated carbocycles. The molecule has 1 aromatic rings. The minimum Gasteiger partial charge on any atom is -0.380 e. The molecule has 114 valence electrons. The smallest absolute Gasteiger partial charge is 0.242 e. The Kier molecular flexibility index (Phi) is 6.67. The largest absolute Gasteiger partial charge is 0.380 e. The van der Waals surface area contributed by atoms with Crippen molar-refractivity contribution in [2.45, 2.75) is 31.7 Å². The normalized spacial score (nSPS) is 13.2. The molecule has 1 heterocycles. The summed E-state index contributed by atoms with van der Waals surface area (Å²) in [6.45, 7) is 6.99. The van der Waals surface area contributed by atoms with E-state index in [1.807, 2.05) is 13.8 Å². The first-order valence-corrected chi connectivity index (χ1v) is 8.26. The average Bonchev–Trinajstić information content (AvgIpc) is 2.38. The maximum absolute atomic E-state index is 12.1. The van der Waals surface area contributed by atoms with Gasteiger partial charge in [0.1, 0.15) is 10.7 Å². The van der Waals surface area contributed by atoms with E-state index in [2.05, 4.69) is 15.0 Å². The van der Waals surface area contributed by atoms with Gasteiger partial charge in [-0.1, -0.05) is 11.6 Å². The lowest BCUT2D eigenvalue weighted by Gasteiger charge is -2.14. The summed E-state index contributed by atoms with van der Waals surface area (Å²) in [5.41, 5.74) is 0. The summed E-state index contributed by atoms with van der Waals surface area (Å²) in [4.78, 5) is 4.04. The van der Waals surface area contributed by atoms with E-state index in [4.69, 9.17) is 16.3 Å². The molecular weight excluding hydrogens is 302 g/mol. The van der Waals surface area contributed by atoms with Crippen LogP contribution in [0.5, 0.6) is 0 Å². The number of ether oxygens (including phenoxy) is 1. The van der Waals surface area contributed by atoms with Gasteiger partial charge in [0.05, 0.1) is 11.6 Å². The van der Waals surface area contributed by atoms with Crippen LogP contribution in [0.2, 0.25) is 5.02 Å². The zero-order valence-corrected chi connectivity index (χ0v) is 13.4. The third kappa shape index (κ3) is 4.90. The highest BCUT2D eigenvalue weighted by Gasteiger charge is 2.19. The molecule has 0 aromatic carbocycles. The van der Waals surface area contributed by atoms with Crippen molar-refractivity contribution in [3.63, 3.8) is 0 Å². The minimum absolute atomic E-state index is 0.0347. The van der Waals surface area contributed by atoms with E-state index in [1.165, 1.54) is 12.3 Å². The fourth-order valence-corrected chi connectivity index (χ4v) is 3.02. The highest BCUT2D eigenvalue weighted by molar-refractivity contribution is 7.89. The van der Waals surface area contributed by atoms with E-state index in [0.29, 0.717) is 25.6 Å². The van der Waals surface area contributed by atoms with Crippen LogP contribution < -0.4 is 10.0 Å². The van der Waals surface area contributed by atoms with Gasteiger partial charge in [0, 0.05) is 25.4 Å². The fourth-order valence-electron chi connectivity index (χ4n) is 1.53. The number of nitrogens with zero attached hydrogens (tertiary/aromatic N) is 1. The second kappa shape index (κ2) is 7.78. The lowest BCUT2D eigenvalue weighted by Crippen LogP contribution is -2.36. The average molecular weight is 322 g/mol. The lowest BCUT2D eigenvalue weighted by atomic mass is 10.4. The van der Waals surface area contributed by atoms with Crippen molar-refractivity contribution in [2.75, 3.05) is 25.1 Å². The topological polar surface area (TPSA) is 80.3 Å². The summed E-state index contributed by atoms with van der Waals surface area (Å²) >= 11 is 5.99. The predicted octanol–water partition coefficient (Wildman–Crippen LogP) is 1.87. The summed E-state index contributed by atoms with van der Waals surface area (Å²) in [5, 5.41) is 3.22. The quantitative estimate of drug-likeness (QED) is 0.764. The highest BCUT2D eigenvalue weighted by Crippen LogP contribution is 2.22. The molecule has 0 aliphatic rings. The van der Waals surface area contributed by atoms with Crippen LogP contribution in [0, 0.1) is 0 Å². The number of anilines is 1. The van der Waals surface area contributed by atoms with Crippen LogP contribution in [0.25, 0.3) is 0 Å². The second-order valence-electron chi connectivity index (χ2n) is 4.21. The maximum Gasteiger partial charge on any atom is 0.242 e. The lowest BCUT2D eigenvalue weighted by molar-refractivity contribution is 0.133. The Labute approximate surface area is 124 Å². The standard InChI is InChI=1S/C12H20ClN3O3S/c1-4-14-12-11(13)6-10(7-15-12)20(17,18)16-9(3)8-19-5-2/h6-7,9,16H,4-5,8H2,1-3H3,(H,14,15). The van der Waals surface area contributed by atoms with Gasteiger partial charge in [-0.15, -0.1) is 0 Å². The summed E-state index contributed by atoms with van der Waals surface area (Å²) in [6.07, 6.45) is 1.28. The van der Waals surface area contributed by atoms with Crippen LogP contribution >= 0.6 is 11.6 Å². The number of hydrogen-bond acceptors (Lipinski definition) is 5. The monoisotopic (exact) mass is 321 g/mol. The Hall–Kier alpha value is -0.890. The Morgan fingerprint density at radius 1 is 1.45 bits per heavy atom. The van der Waals surface area contributed by atoms with Crippen molar-refractivity contribution in [3.8, 4) is 0 Å². The SMILES string of the molecule is CCNc1ncc(S(=O)(=O)NC(C)COCC)cc1Cl. The molecule has 1 unspecified atom stereocenters. The van der Waals surface area contributed by atoms with Gasteiger partial charge in [-0.2, -0.15) is 0 Å². The first-order valence-electron chi connectivity index (χ1n) is 6.40. The van der Waals surface area contributed by atoms with Crippen molar-refractivity contribution >= 4 is 27.4 Å². The molecule has 0 aliphatic carbocycles. The van der Waals surface area contributed by atoms with Crippen LogP contribution in [0.1, 0.15) is 20.8 Å². The van der Waals surface area contributed by atoms with Gasteiger partial charge < -0.3 is 10.1 Å². The van der Waals surface area contributed by atoms with Gasteiger partial charge in [0.2, 0.25) is 10.0 Å². The van der Waals surface area contributed by atoms with Crippen LogP contribution in [0.4, 0.5) is 5.82 Å². The zero-order chi connectivity index (χ0) is 15.2. The number of nitrogens with one attached hydrogen (secondary N) is 2. The van der Waals surface area contributed by atoms with Crippen molar-refractivity contribution in [1.82, 2.24) is 9.71 Å². The molecule has 1 rings (SSSR count). The van der Waals surface area contributed by atoms with E-state index in [9.17, 15) is 8.42 Å². The van der Waals surface area contributed by atoms with Crippen LogP contribution in [-0.4, -0.2) is 39.2 Å². The third-order valence-electron chi connectivity index (χ3n) is 2.40. The molecule has 0 fully saturated rings. The number of pyridine rings is 1. The number of hydrogen-bond donors (Lipinski definition) is 2. The molecule has 1 atom stereocenters. The Morgan fingerprint density at radius 2 is 2.15 bits per heavy atom. The van der Waals surface area contributed by atoms with E-state index in [1.54, 1.807) is 6.92 Å². The molecule has 2 N–H and O–H groups in total. The number of rotatable bonds is 8. The second-order valence-corrected chi connectivity index (χ2v) is 6.33. The van der Waals surface area contributed by atoms with Crippen molar-refractivity contribution in [2.24, 2.45) is 0 Å². The number of halogens is 1. The van der Waals surface area contributed by atoms with Gasteiger partial charge in [-0.25, -0.2) is 18.1 Å². The molecule has 1 aromatic heterocycles. The highest BCUT2D eigenvalue weighted by atomic mass is 35.5. The summed E-state index contributed by atoms with van der Waals surface area (Å²) in [5.74, 6) is 0.468. The van der Waals surface area contributed by atoms with Crippen LogP contribution in [0.3, 0.4) is 0 Å². The van der Waals surface area contributed by atoms with Gasteiger partial charge in [0.15, 0.2) is 0 Å². The summed E-state index contributed by atoms with van der Waals surface area (Å²) in [7, 11) is -3.65. The zero-order valence-electron chi connectivity index (χ0n) is 11.8. The first kappa shape index (κ1) is 17.2. The molecule has 0 saturated heterocycles. The van der Waals surface area contributed by atoms with E-state index < -0.39 is 10.0 Å². The summed E-state index contributed by atoms with van der Waals surface area (Å²) < 4.78 is 32.0. The number of aromatic nitrogens is 1. The Balaban J connectivity index is 2.84. The maximum atomic E-state index is 12.1. The Bertz CT molecular complexity index is 537. The van der Waals surface area contributed by atoms with Gasteiger partial charge in [-0.05, 0) is 26.8 Å². The van der Waals surface area contributed by atoms with E-state index >= 15 is 0 Å². The molecule has 20 heavy (non-hydrogen) atoms. The van der Waals surface area contributed by atoms with Crippen LogP contribution in [-0.2, 0) is 14.8 Å².